The molecule has 3 rings (SSSR count). The van der Waals surface area contributed by atoms with E-state index in [1.807, 2.05) is 0 Å². The highest BCUT2D eigenvalue weighted by Crippen LogP contribution is 2.35. The van der Waals surface area contributed by atoms with E-state index in [-0.39, 0.29) is 0 Å². The van der Waals surface area contributed by atoms with Crippen LogP contribution in [0.5, 0.6) is 0 Å². The largest absolute Gasteiger partial charge is 0.380 e. The van der Waals surface area contributed by atoms with E-state index in [1.54, 1.807) is 0 Å². The van der Waals surface area contributed by atoms with Crippen LogP contribution in [0.25, 0.3) is 0 Å². The first-order chi connectivity index (χ1) is 8.29. The van der Waals surface area contributed by atoms with E-state index in [1.165, 1.54) is 37.2 Å². The minimum atomic E-state index is 0.638. The fourth-order valence-corrected chi connectivity index (χ4v) is 3.22. The van der Waals surface area contributed by atoms with Gasteiger partial charge >= 0.3 is 0 Å². The van der Waals surface area contributed by atoms with Crippen molar-refractivity contribution >= 4 is 11.5 Å². The lowest BCUT2D eigenvalue weighted by Crippen LogP contribution is -2.34. The molecule has 0 radical (unpaired) electrons. The molecule has 2 N–H and O–H groups in total. The van der Waals surface area contributed by atoms with Crippen molar-refractivity contribution in [2.75, 3.05) is 17.2 Å². The maximum absolute atomic E-state index is 4.58. The SMILES string of the molecule is CCn1nc(C)c2c1NC1CCCCC1CN2. The molecule has 2 unspecified atom stereocenters. The maximum atomic E-state index is 4.58. The predicted molar refractivity (Wildman–Crippen MR) is 70.5 cm³/mol. The summed E-state index contributed by atoms with van der Waals surface area (Å²) in [5.41, 5.74) is 2.34. The smallest absolute Gasteiger partial charge is 0.148 e. The van der Waals surface area contributed by atoms with E-state index in [0.29, 0.717) is 6.04 Å². The van der Waals surface area contributed by atoms with Gasteiger partial charge in [-0.15, -0.1) is 0 Å². The van der Waals surface area contributed by atoms with Crippen LogP contribution in [0.15, 0.2) is 0 Å². The van der Waals surface area contributed by atoms with Gasteiger partial charge in [0.1, 0.15) is 11.5 Å². The Balaban J connectivity index is 1.93. The molecular formula is C13H22N4. The summed E-state index contributed by atoms with van der Waals surface area (Å²) >= 11 is 0. The third-order valence-electron chi connectivity index (χ3n) is 4.20. The molecule has 1 fully saturated rings. The van der Waals surface area contributed by atoms with Crippen LogP contribution in [0.3, 0.4) is 0 Å². The molecular weight excluding hydrogens is 212 g/mol. The van der Waals surface area contributed by atoms with Crippen LogP contribution in [-0.2, 0) is 6.54 Å². The van der Waals surface area contributed by atoms with E-state index in [9.17, 15) is 0 Å². The Morgan fingerprint density at radius 1 is 1.35 bits per heavy atom. The zero-order valence-electron chi connectivity index (χ0n) is 10.8. The number of nitrogens with one attached hydrogen (secondary N) is 2. The number of hydrogen-bond acceptors (Lipinski definition) is 3. The van der Waals surface area contributed by atoms with E-state index < -0.39 is 0 Å². The van der Waals surface area contributed by atoms with Crippen LogP contribution in [0.2, 0.25) is 0 Å². The summed E-state index contributed by atoms with van der Waals surface area (Å²) in [7, 11) is 0. The topological polar surface area (TPSA) is 41.9 Å². The third kappa shape index (κ3) is 1.79. The average Bonchev–Trinajstić information content (AvgIpc) is 2.55. The van der Waals surface area contributed by atoms with Crippen LogP contribution in [-0.4, -0.2) is 22.4 Å². The lowest BCUT2D eigenvalue weighted by atomic mass is 9.85. The van der Waals surface area contributed by atoms with Gasteiger partial charge in [-0.1, -0.05) is 12.8 Å². The Kier molecular flexibility index (Phi) is 2.73. The maximum Gasteiger partial charge on any atom is 0.148 e. The highest BCUT2D eigenvalue weighted by molar-refractivity contribution is 5.69. The van der Waals surface area contributed by atoms with Crippen molar-refractivity contribution in [1.29, 1.82) is 0 Å². The van der Waals surface area contributed by atoms with Crippen molar-refractivity contribution in [3.63, 3.8) is 0 Å². The molecule has 2 aliphatic rings. The summed E-state index contributed by atoms with van der Waals surface area (Å²) < 4.78 is 2.09. The van der Waals surface area contributed by atoms with Gasteiger partial charge in [0.2, 0.25) is 0 Å². The summed E-state index contributed by atoms with van der Waals surface area (Å²) in [6.45, 7) is 6.27. The fourth-order valence-electron chi connectivity index (χ4n) is 3.22. The van der Waals surface area contributed by atoms with Crippen molar-refractivity contribution < 1.29 is 0 Å². The Labute approximate surface area is 103 Å². The van der Waals surface area contributed by atoms with E-state index in [4.69, 9.17) is 0 Å². The van der Waals surface area contributed by atoms with Gasteiger partial charge in [0, 0.05) is 19.1 Å². The first-order valence-corrected chi connectivity index (χ1v) is 6.87. The van der Waals surface area contributed by atoms with Crippen LogP contribution in [0.1, 0.15) is 38.3 Å². The fraction of sp³-hybridized carbons (Fsp3) is 0.769. The second-order valence-corrected chi connectivity index (χ2v) is 5.30. The molecule has 0 amide bonds. The normalized spacial score (nSPS) is 27.4. The summed E-state index contributed by atoms with van der Waals surface area (Å²) in [6, 6.07) is 0.638. The zero-order valence-corrected chi connectivity index (χ0v) is 10.8. The summed E-state index contributed by atoms with van der Waals surface area (Å²) in [5.74, 6) is 1.99. The standard InChI is InChI=1S/C13H22N4/c1-3-17-13-12(9(2)16-17)14-8-10-6-4-5-7-11(10)15-13/h10-11,14-15H,3-8H2,1-2H3. The summed E-state index contributed by atoms with van der Waals surface area (Å²) in [5, 5.41) is 11.9. The highest BCUT2D eigenvalue weighted by Gasteiger charge is 2.30. The Morgan fingerprint density at radius 2 is 2.18 bits per heavy atom. The zero-order chi connectivity index (χ0) is 11.8. The van der Waals surface area contributed by atoms with Crippen molar-refractivity contribution in [2.45, 2.75) is 52.1 Å². The van der Waals surface area contributed by atoms with Gasteiger partial charge in [-0.25, -0.2) is 4.68 Å². The molecule has 94 valence electrons. The molecule has 1 saturated carbocycles. The predicted octanol–water partition coefficient (Wildman–Crippen LogP) is 2.61. The Bertz CT molecular complexity index is 410. The average molecular weight is 234 g/mol. The number of nitrogens with zero attached hydrogens (tertiary/aromatic N) is 2. The Hall–Kier alpha value is -1.19. The van der Waals surface area contributed by atoms with E-state index in [2.05, 4.69) is 34.3 Å². The molecule has 0 bridgehead atoms. The molecule has 1 aliphatic heterocycles. The molecule has 0 aromatic carbocycles. The number of aryl methyl sites for hydroxylation is 2. The van der Waals surface area contributed by atoms with Crippen molar-refractivity contribution in [3.05, 3.63) is 5.69 Å². The molecule has 2 atom stereocenters. The van der Waals surface area contributed by atoms with Gasteiger partial charge in [0.05, 0.1) is 5.69 Å². The van der Waals surface area contributed by atoms with Gasteiger partial charge < -0.3 is 10.6 Å². The molecule has 1 aliphatic carbocycles. The van der Waals surface area contributed by atoms with Crippen molar-refractivity contribution in [1.82, 2.24) is 9.78 Å². The molecule has 1 aromatic rings. The van der Waals surface area contributed by atoms with Gasteiger partial charge in [0.15, 0.2) is 0 Å². The second-order valence-electron chi connectivity index (χ2n) is 5.30. The lowest BCUT2D eigenvalue weighted by Gasteiger charge is -2.30. The number of rotatable bonds is 1. The molecule has 0 spiro atoms. The van der Waals surface area contributed by atoms with Gasteiger partial charge in [0.25, 0.3) is 0 Å². The first kappa shape index (κ1) is 10.9. The van der Waals surface area contributed by atoms with Crippen LogP contribution in [0, 0.1) is 12.8 Å². The minimum Gasteiger partial charge on any atom is -0.380 e. The monoisotopic (exact) mass is 234 g/mol. The molecule has 2 heterocycles. The molecule has 0 saturated heterocycles. The lowest BCUT2D eigenvalue weighted by molar-refractivity contribution is 0.340. The number of anilines is 2. The molecule has 1 aromatic heterocycles. The Morgan fingerprint density at radius 3 is 3.00 bits per heavy atom. The quantitative estimate of drug-likeness (QED) is 0.785. The van der Waals surface area contributed by atoms with Crippen molar-refractivity contribution in [3.8, 4) is 0 Å². The molecule has 17 heavy (non-hydrogen) atoms. The van der Waals surface area contributed by atoms with Crippen LogP contribution < -0.4 is 10.6 Å². The second kappa shape index (κ2) is 4.24. The van der Waals surface area contributed by atoms with Gasteiger partial charge in [-0.05, 0) is 32.6 Å². The van der Waals surface area contributed by atoms with Crippen LogP contribution >= 0.6 is 0 Å². The highest BCUT2D eigenvalue weighted by atomic mass is 15.4. The molecule has 4 heteroatoms. The van der Waals surface area contributed by atoms with Crippen molar-refractivity contribution in [2.24, 2.45) is 5.92 Å². The number of aromatic nitrogens is 2. The molecule has 4 nitrogen and oxygen atoms in total. The number of hydrogen-bond donors (Lipinski definition) is 2. The first-order valence-electron chi connectivity index (χ1n) is 6.87. The van der Waals surface area contributed by atoms with Crippen LogP contribution in [0.4, 0.5) is 11.5 Å². The van der Waals surface area contributed by atoms with E-state index in [0.717, 1.165) is 24.7 Å². The number of fused-ring (bicyclic) bond motifs is 2. The minimum absolute atomic E-state index is 0.638. The summed E-state index contributed by atoms with van der Waals surface area (Å²) in [4.78, 5) is 0. The van der Waals surface area contributed by atoms with Gasteiger partial charge in [-0.2, -0.15) is 5.10 Å². The third-order valence-corrected chi connectivity index (χ3v) is 4.20. The van der Waals surface area contributed by atoms with Gasteiger partial charge in [-0.3, -0.25) is 0 Å². The van der Waals surface area contributed by atoms with E-state index >= 15 is 0 Å². The summed E-state index contributed by atoms with van der Waals surface area (Å²) in [6.07, 6.45) is 5.41.